The second-order valence-electron chi connectivity index (χ2n) is 7.04. The fourth-order valence-corrected chi connectivity index (χ4v) is 4.70. The lowest BCUT2D eigenvalue weighted by Crippen LogP contribution is -2.37. The van der Waals surface area contributed by atoms with Crippen LogP contribution in [0.1, 0.15) is 36.1 Å². The predicted molar refractivity (Wildman–Crippen MR) is 104 cm³/mol. The minimum Gasteiger partial charge on any atom is -0.297 e. The monoisotopic (exact) mass is 391 g/mol. The van der Waals surface area contributed by atoms with Crippen molar-refractivity contribution in [1.82, 2.24) is 13.9 Å². The van der Waals surface area contributed by atoms with Crippen molar-refractivity contribution in [3.8, 4) is 0 Å². The van der Waals surface area contributed by atoms with E-state index in [-0.39, 0.29) is 17.0 Å². The molecule has 0 aliphatic heterocycles. The molecule has 0 fully saturated rings. The van der Waals surface area contributed by atoms with E-state index in [0.717, 1.165) is 24.1 Å². The molecule has 1 N–H and O–H groups in total. The highest BCUT2D eigenvalue weighted by atomic mass is 32.2. The van der Waals surface area contributed by atoms with Crippen LogP contribution in [-0.4, -0.2) is 35.9 Å². The van der Waals surface area contributed by atoms with Crippen LogP contribution in [0.3, 0.4) is 0 Å². The van der Waals surface area contributed by atoms with Gasteiger partial charge in [0.15, 0.2) is 0 Å². The SMILES string of the molecule is Cc1ccc(S(=O)(=O)N(C)CCCn2c3c(c(=O)[nH]c2=O)CCCC3)cc1. The van der Waals surface area contributed by atoms with Crippen molar-refractivity contribution in [2.24, 2.45) is 0 Å². The van der Waals surface area contributed by atoms with Gasteiger partial charge in [0, 0.05) is 31.4 Å². The smallest absolute Gasteiger partial charge is 0.297 e. The Kier molecular flexibility index (Phi) is 5.67. The molecule has 0 saturated heterocycles. The minimum absolute atomic E-state index is 0.259. The highest BCUT2D eigenvalue weighted by Crippen LogP contribution is 2.18. The van der Waals surface area contributed by atoms with Gasteiger partial charge in [0.2, 0.25) is 10.0 Å². The number of nitrogens with zero attached hydrogens (tertiary/aromatic N) is 2. The van der Waals surface area contributed by atoms with E-state index in [1.807, 2.05) is 6.92 Å². The van der Waals surface area contributed by atoms with Crippen LogP contribution in [0.5, 0.6) is 0 Å². The number of hydrogen-bond acceptors (Lipinski definition) is 4. The summed E-state index contributed by atoms with van der Waals surface area (Å²) in [7, 11) is -2.01. The van der Waals surface area contributed by atoms with Crippen molar-refractivity contribution in [2.75, 3.05) is 13.6 Å². The first-order chi connectivity index (χ1) is 12.8. The van der Waals surface area contributed by atoms with Gasteiger partial charge in [-0.2, -0.15) is 0 Å². The first kappa shape index (κ1) is 19.6. The topological polar surface area (TPSA) is 92.2 Å². The summed E-state index contributed by atoms with van der Waals surface area (Å²) in [5, 5.41) is 0. The zero-order chi connectivity index (χ0) is 19.6. The summed E-state index contributed by atoms with van der Waals surface area (Å²) in [5.41, 5.74) is 1.80. The molecule has 3 rings (SSSR count). The molecular formula is C19H25N3O4S. The Morgan fingerprint density at radius 1 is 1.11 bits per heavy atom. The van der Waals surface area contributed by atoms with E-state index in [0.29, 0.717) is 31.4 Å². The Hall–Kier alpha value is -2.19. The summed E-state index contributed by atoms with van der Waals surface area (Å²) in [5.74, 6) is 0. The fourth-order valence-electron chi connectivity index (χ4n) is 3.49. The van der Waals surface area contributed by atoms with Gasteiger partial charge in [-0.15, -0.1) is 0 Å². The van der Waals surface area contributed by atoms with Gasteiger partial charge in [-0.3, -0.25) is 14.3 Å². The maximum Gasteiger partial charge on any atom is 0.328 e. The van der Waals surface area contributed by atoms with Crippen LogP contribution in [0.25, 0.3) is 0 Å². The predicted octanol–water partition coefficient (Wildman–Crippen LogP) is 1.43. The summed E-state index contributed by atoms with van der Waals surface area (Å²) in [6, 6.07) is 6.74. The van der Waals surface area contributed by atoms with Crippen LogP contribution < -0.4 is 11.2 Å². The third-order valence-corrected chi connectivity index (χ3v) is 6.96. The second-order valence-corrected chi connectivity index (χ2v) is 9.08. The number of aryl methyl sites for hydroxylation is 1. The number of nitrogens with one attached hydrogen (secondary N) is 1. The summed E-state index contributed by atoms with van der Waals surface area (Å²) < 4.78 is 28.2. The minimum atomic E-state index is -3.56. The van der Waals surface area contributed by atoms with Crippen molar-refractivity contribution in [3.05, 3.63) is 61.9 Å². The first-order valence-electron chi connectivity index (χ1n) is 9.18. The highest BCUT2D eigenvalue weighted by molar-refractivity contribution is 7.89. The van der Waals surface area contributed by atoms with Gasteiger partial charge < -0.3 is 0 Å². The molecule has 2 aromatic rings. The van der Waals surface area contributed by atoms with Crippen molar-refractivity contribution in [3.63, 3.8) is 0 Å². The number of H-pyrrole nitrogens is 1. The van der Waals surface area contributed by atoms with Crippen molar-refractivity contribution >= 4 is 10.0 Å². The molecule has 1 aliphatic rings. The standard InChI is InChI=1S/C19H25N3O4S/c1-14-8-10-15(11-9-14)27(25,26)21(2)12-5-13-22-17-7-4-3-6-16(17)18(23)20-19(22)24/h8-11H,3-7,12-13H2,1-2H3,(H,20,23,24). The van der Waals surface area contributed by atoms with Crippen LogP contribution in [0.15, 0.2) is 38.8 Å². The fraction of sp³-hybridized carbons (Fsp3) is 0.474. The number of aromatic amines is 1. The van der Waals surface area contributed by atoms with Crippen LogP contribution in [0, 0.1) is 6.92 Å². The molecule has 0 spiro atoms. The summed E-state index contributed by atoms with van der Waals surface area (Å²) in [4.78, 5) is 26.8. The van der Waals surface area contributed by atoms with Crippen LogP contribution in [-0.2, 0) is 29.4 Å². The zero-order valence-corrected chi connectivity index (χ0v) is 16.5. The maximum atomic E-state index is 12.6. The molecular weight excluding hydrogens is 366 g/mol. The average molecular weight is 391 g/mol. The van der Waals surface area contributed by atoms with Gasteiger partial charge in [-0.05, 0) is 51.2 Å². The third-order valence-electron chi connectivity index (χ3n) is 5.09. The van der Waals surface area contributed by atoms with Crippen LogP contribution >= 0.6 is 0 Å². The van der Waals surface area contributed by atoms with E-state index >= 15 is 0 Å². The quantitative estimate of drug-likeness (QED) is 0.806. The van der Waals surface area contributed by atoms with Gasteiger partial charge in [0.25, 0.3) is 5.56 Å². The number of hydrogen-bond donors (Lipinski definition) is 1. The third kappa shape index (κ3) is 4.06. The highest BCUT2D eigenvalue weighted by Gasteiger charge is 2.21. The molecule has 1 aromatic heterocycles. The normalized spacial score (nSPS) is 14.3. The van der Waals surface area contributed by atoms with Crippen LogP contribution in [0.2, 0.25) is 0 Å². The number of benzene rings is 1. The lowest BCUT2D eigenvalue weighted by molar-refractivity contribution is 0.435. The molecule has 146 valence electrons. The largest absolute Gasteiger partial charge is 0.328 e. The molecule has 0 amide bonds. The van der Waals surface area contributed by atoms with E-state index in [4.69, 9.17) is 0 Å². The molecule has 1 aromatic carbocycles. The molecule has 0 saturated carbocycles. The summed E-state index contributed by atoms with van der Waals surface area (Å²) in [6.07, 6.45) is 3.79. The molecule has 0 unspecified atom stereocenters. The van der Waals surface area contributed by atoms with Crippen molar-refractivity contribution in [2.45, 2.75) is 50.5 Å². The van der Waals surface area contributed by atoms with E-state index in [1.54, 1.807) is 35.9 Å². The Morgan fingerprint density at radius 2 is 1.78 bits per heavy atom. The maximum absolute atomic E-state index is 12.6. The summed E-state index contributed by atoms with van der Waals surface area (Å²) in [6.45, 7) is 2.57. The number of sulfonamides is 1. The lowest BCUT2D eigenvalue weighted by Gasteiger charge is -2.21. The Labute approximate surface area is 158 Å². The molecule has 0 bridgehead atoms. The first-order valence-corrected chi connectivity index (χ1v) is 10.6. The molecule has 7 nitrogen and oxygen atoms in total. The number of aromatic nitrogens is 2. The molecule has 1 heterocycles. The van der Waals surface area contributed by atoms with Gasteiger partial charge in [0.05, 0.1) is 4.90 Å². The number of fused-ring (bicyclic) bond motifs is 1. The number of rotatable bonds is 6. The van der Waals surface area contributed by atoms with Crippen molar-refractivity contribution < 1.29 is 8.42 Å². The lowest BCUT2D eigenvalue weighted by atomic mass is 9.97. The van der Waals surface area contributed by atoms with Crippen molar-refractivity contribution in [1.29, 1.82) is 0 Å². The zero-order valence-electron chi connectivity index (χ0n) is 15.7. The molecule has 1 aliphatic carbocycles. The van der Waals surface area contributed by atoms with Gasteiger partial charge in [-0.1, -0.05) is 17.7 Å². The molecule has 0 atom stereocenters. The van der Waals surface area contributed by atoms with E-state index in [9.17, 15) is 18.0 Å². The molecule has 27 heavy (non-hydrogen) atoms. The molecule has 0 radical (unpaired) electrons. The van der Waals surface area contributed by atoms with Gasteiger partial charge >= 0.3 is 5.69 Å². The average Bonchev–Trinajstić information content (AvgIpc) is 2.64. The van der Waals surface area contributed by atoms with E-state index in [1.165, 1.54) is 4.31 Å². The van der Waals surface area contributed by atoms with Gasteiger partial charge in [-0.25, -0.2) is 17.5 Å². The summed E-state index contributed by atoms with van der Waals surface area (Å²) >= 11 is 0. The Balaban J connectivity index is 1.72. The van der Waals surface area contributed by atoms with E-state index < -0.39 is 15.7 Å². The van der Waals surface area contributed by atoms with Crippen LogP contribution in [0.4, 0.5) is 0 Å². The second kappa shape index (κ2) is 7.82. The van der Waals surface area contributed by atoms with E-state index in [2.05, 4.69) is 4.98 Å². The van der Waals surface area contributed by atoms with Gasteiger partial charge in [0.1, 0.15) is 0 Å². The Bertz CT molecular complexity index is 1040. The molecule has 8 heteroatoms. The Morgan fingerprint density at radius 3 is 2.48 bits per heavy atom.